The summed E-state index contributed by atoms with van der Waals surface area (Å²) >= 11 is 0. The first-order valence-corrected chi connectivity index (χ1v) is 12.3. The van der Waals surface area contributed by atoms with E-state index in [9.17, 15) is 4.79 Å². The van der Waals surface area contributed by atoms with Crippen LogP contribution in [0.5, 0.6) is 5.75 Å². The number of fused-ring (bicyclic) bond motifs is 3. The van der Waals surface area contributed by atoms with Crippen LogP contribution in [0.4, 0.5) is 0 Å². The fourth-order valence-electron chi connectivity index (χ4n) is 4.72. The molecule has 6 heteroatoms. The third kappa shape index (κ3) is 6.14. The van der Waals surface area contributed by atoms with Crippen LogP contribution in [0.15, 0.2) is 42.5 Å². The number of hydrogen-bond donors (Lipinski definition) is 1. The van der Waals surface area contributed by atoms with E-state index >= 15 is 0 Å². The van der Waals surface area contributed by atoms with Gasteiger partial charge in [0.2, 0.25) is 0 Å². The molecule has 0 aromatic heterocycles. The molecule has 6 nitrogen and oxygen atoms in total. The average molecular weight is 451 g/mol. The minimum Gasteiger partial charge on any atom is -0.491 e. The highest BCUT2D eigenvalue weighted by atomic mass is 16.5. The maximum absolute atomic E-state index is 12.6. The lowest BCUT2D eigenvalue weighted by Gasteiger charge is -2.34. The van der Waals surface area contributed by atoms with Crippen molar-refractivity contribution in [1.82, 2.24) is 10.2 Å². The molecule has 33 heavy (non-hydrogen) atoms. The van der Waals surface area contributed by atoms with E-state index in [0.717, 1.165) is 69.7 Å². The number of nitrogens with one attached hydrogen (secondary N) is 1. The van der Waals surface area contributed by atoms with Crippen LogP contribution in [0.25, 0.3) is 0 Å². The van der Waals surface area contributed by atoms with E-state index in [4.69, 9.17) is 14.2 Å². The van der Waals surface area contributed by atoms with Crippen molar-refractivity contribution < 1.29 is 19.0 Å². The summed E-state index contributed by atoms with van der Waals surface area (Å²) in [5.74, 6) is 0.830. The lowest BCUT2D eigenvalue weighted by Crippen LogP contribution is -2.41. The zero-order valence-corrected chi connectivity index (χ0v) is 19.3. The van der Waals surface area contributed by atoms with Crippen LogP contribution < -0.4 is 10.1 Å². The van der Waals surface area contributed by atoms with Gasteiger partial charge in [-0.25, -0.2) is 0 Å². The molecule has 2 aromatic rings. The molecule has 2 aliphatic heterocycles. The number of carbonyl (C=O) groups is 1. The van der Waals surface area contributed by atoms with Crippen molar-refractivity contribution in [1.29, 1.82) is 0 Å². The van der Waals surface area contributed by atoms with E-state index in [1.165, 1.54) is 11.1 Å². The van der Waals surface area contributed by atoms with Gasteiger partial charge in [-0.15, -0.1) is 0 Å². The SMILES string of the molecule is O=C(NC1CC1)c1ccc2c(c1)Cc1cccc(c1)CN(C1CCOCC1)CCOCCO2. The molecule has 3 aliphatic rings. The van der Waals surface area contributed by atoms with Gasteiger partial charge < -0.3 is 19.5 Å². The fourth-order valence-corrected chi connectivity index (χ4v) is 4.72. The highest BCUT2D eigenvalue weighted by Crippen LogP contribution is 2.26. The van der Waals surface area contributed by atoms with Gasteiger partial charge in [-0.1, -0.05) is 24.3 Å². The van der Waals surface area contributed by atoms with Gasteiger partial charge in [-0.3, -0.25) is 9.69 Å². The summed E-state index contributed by atoms with van der Waals surface area (Å²) in [6.45, 7) is 5.23. The average Bonchev–Trinajstić information content (AvgIpc) is 3.65. The molecule has 1 saturated carbocycles. The lowest BCUT2D eigenvalue weighted by atomic mass is 9.99. The first-order chi connectivity index (χ1) is 16.2. The monoisotopic (exact) mass is 450 g/mol. The predicted molar refractivity (Wildman–Crippen MR) is 127 cm³/mol. The summed E-state index contributed by atoms with van der Waals surface area (Å²) in [7, 11) is 0. The number of benzene rings is 2. The Morgan fingerprint density at radius 2 is 1.70 bits per heavy atom. The minimum atomic E-state index is 0.00360. The molecule has 0 spiro atoms. The molecular weight excluding hydrogens is 416 g/mol. The number of amides is 1. The molecule has 0 unspecified atom stereocenters. The first kappa shape index (κ1) is 22.4. The molecule has 1 saturated heterocycles. The van der Waals surface area contributed by atoms with Gasteiger partial charge in [0.15, 0.2) is 0 Å². The van der Waals surface area contributed by atoms with E-state index in [-0.39, 0.29) is 5.91 Å². The number of rotatable bonds is 3. The Hall–Kier alpha value is -2.41. The summed E-state index contributed by atoms with van der Waals surface area (Å²) in [6.07, 6.45) is 5.03. The van der Waals surface area contributed by atoms with Crippen LogP contribution in [0.2, 0.25) is 0 Å². The highest BCUT2D eigenvalue weighted by Gasteiger charge is 2.24. The summed E-state index contributed by atoms with van der Waals surface area (Å²) < 4.78 is 17.6. The second kappa shape index (κ2) is 10.7. The molecule has 2 fully saturated rings. The Morgan fingerprint density at radius 3 is 2.55 bits per heavy atom. The third-order valence-corrected chi connectivity index (χ3v) is 6.72. The number of carbonyl (C=O) groups excluding carboxylic acids is 1. The first-order valence-electron chi connectivity index (χ1n) is 12.3. The second-order valence-corrected chi connectivity index (χ2v) is 9.34. The molecular formula is C27H34N2O4. The lowest BCUT2D eigenvalue weighted by molar-refractivity contribution is 0.0133. The molecule has 1 N–H and O–H groups in total. The number of nitrogens with zero attached hydrogens (tertiary/aromatic N) is 1. The van der Waals surface area contributed by atoms with Crippen molar-refractivity contribution >= 4 is 5.91 Å². The van der Waals surface area contributed by atoms with Crippen LogP contribution in [0.3, 0.4) is 0 Å². The molecule has 2 bridgehead atoms. The molecule has 1 aliphatic carbocycles. The van der Waals surface area contributed by atoms with Crippen molar-refractivity contribution in [3.63, 3.8) is 0 Å². The maximum Gasteiger partial charge on any atom is 0.251 e. The number of ether oxygens (including phenoxy) is 3. The summed E-state index contributed by atoms with van der Waals surface area (Å²) in [5.41, 5.74) is 4.27. The molecule has 2 aromatic carbocycles. The van der Waals surface area contributed by atoms with Gasteiger partial charge in [-0.05, 0) is 60.6 Å². The van der Waals surface area contributed by atoms with Crippen LogP contribution in [-0.4, -0.2) is 62.5 Å². The zero-order valence-electron chi connectivity index (χ0n) is 19.3. The Balaban J connectivity index is 1.38. The van der Waals surface area contributed by atoms with Crippen LogP contribution in [-0.2, 0) is 22.4 Å². The Labute approximate surface area is 196 Å². The second-order valence-electron chi connectivity index (χ2n) is 9.34. The predicted octanol–water partition coefficient (Wildman–Crippen LogP) is 3.56. The van der Waals surface area contributed by atoms with Crippen LogP contribution >= 0.6 is 0 Å². The van der Waals surface area contributed by atoms with Gasteiger partial charge in [0.1, 0.15) is 12.4 Å². The largest absolute Gasteiger partial charge is 0.491 e. The smallest absolute Gasteiger partial charge is 0.251 e. The van der Waals surface area contributed by atoms with E-state index < -0.39 is 0 Å². The zero-order chi connectivity index (χ0) is 22.5. The normalized spacial score (nSPS) is 20.8. The minimum absolute atomic E-state index is 0.00360. The molecule has 0 radical (unpaired) electrons. The van der Waals surface area contributed by atoms with E-state index in [1.807, 2.05) is 18.2 Å². The van der Waals surface area contributed by atoms with Gasteiger partial charge in [0, 0.05) is 50.4 Å². The molecule has 5 rings (SSSR count). The Kier molecular flexibility index (Phi) is 7.24. The van der Waals surface area contributed by atoms with Crippen LogP contribution in [0, 0.1) is 0 Å². The van der Waals surface area contributed by atoms with Gasteiger partial charge in [-0.2, -0.15) is 0 Å². The fraction of sp³-hybridized carbons (Fsp3) is 0.519. The Bertz CT molecular complexity index is 953. The van der Waals surface area contributed by atoms with Crippen molar-refractivity contribution in [3.05, 3.63) is 64.7 Å². The maximum atomic E-state index is 12.6. The third-order valence-electron chi connectivity index (χ3n) is 6.72. The highest BCUT2D eigenvalue weighted by molar-refractivity contribution is 5.95. The Morgan fingerprint density at radius 1 is 0.879 bits per heavy atom. The summed E-state index contributed by atoms with van der Waals surface area (Å²) in [6, 6.07) is 15.5. The molecule has 176 valence electrons. The van der Waals surface area contributed by atoms with Gasteiger partial charge in [0.05, 0.1) is 13.2 Å². The summed E-state index contributed by atoms with van der Waals surface area (Å²) in [5, 5.41) is 3.09. The van der Waals surface area contributed by atoms with E-state index in [0.29, 0.717) is 37.5 Å². The van der Waals surface area contributed by atoms with Gasteiger partial charge >= 0.3 is 0 Å². The quantitative estimate of drug-likeness (QED) is 0.775. The van der Waals surface area contributed by atoms with Crippen molar-refractivity contribution in [3.8, 4) is 5.75 Å². The van der Waals surface area contributed by atoms with Crippen molar-refractivity contribution in [2.75, 3.05) is 39.6 Å². The standard InChI is InChI=1S/C27H34N2O4/c30-27(28-24-5-6-24)22-4-7-26-23(18-22)17-20-2-1-3-21(16-20)19-29(10-13-32-14-15-33-26)25-8-11-31-12-9-25/h1-4,7,16,18,24-25H,5-6,8-15,17,19H2,(H,28,30). The van der Waals surface area contributed by atoms with E-state index in [2.05, 4.69) is 34.5 Å². The van der Waals surface area contributed by atoms with Crippen molar-refractivity contribution in [2.24, 2.45) is 0 Å². The summed E-state index contributed by atoms with van der Waals surface area (Å²) in [4.78, 5) is 15.2. The van der Waals surface area contributed by atoms with Crippen molar-refractivity contribution in [2.45, 2.75) is 50.7 Å². The molecule has 2 heterocycles. The topological polar surface area (TPSA) is 60.0 Å². The number of hydrogen-bond acceptors (Lipinski definition) is 5. The molecule has 1 amide bonds. The molecule has 0 atom stereocenters. The van der Waals surface area contributed by atoms with E-state index in [1.54, 1.807) is 0 Å². The van der Waals surface area contributed by atoms with Crippen LogP contribution in [0.1, 0.15) is 52.7 Å². The van der Waals surface area contributed by atoms with Gasteiger partial charge in [0.25, 0.3) is 5.91 Å².